The number of esters is 1. The topological polar surface area (TPSA) is 75.7 Å². The Morgan fingerprint density at radius 1 is 1.11 bits per heavy atom. The highest BCUT2D eigenvalue weighted by atomic mass is 19.2. The highest BCUT2D eigenvalue weighted by molar-refractivity contribution is 5.86. The van der Waals surface area contributed by atoms with Crippen molar-refractivity contribution in [1.29, 1.82) is 0 Å². The molecule has 2 aliphatic rings. The van der Waals surface area contributed by atoms with Crippen LogP contribution in [0.5, 0.6) is 0 Å². The number of carbonyl (C=O) groups is 3. The van der Waals surface area contributed by atoms with Crippen LogP contribution in [0.15, 0.2) is 42.5 Å². The molecule has 186 valence electrons. The zero-order valence-electron chi connectivity index (χ0n) is 19.8. The van der Waals surface area contributed by atoms with Crippen LogP contribution >= 0.6 is 0 Å². The molecule has 35 heavy (non-hydrogen) atoms. The first-order chi connectivity index (χ1) is 16.8. The summed E-state index contributed by atoms with van der Waals surface area (Å²) in [7, 11) is 0. The van der Waals surface area contributed by atoms with E-state index in [-0.39, 0.29) is 43.4 Å². The van der Waals surface area contributed by atoms with Gasteiger partial charge in [0.15, 0.2) is 11.6 Å². The van der Waals surface area contributed by atoms with Crippen molar-refractivity contribution in [3.8, 4) is 0 Å². The predicted octanol–water partition coefficient (Wildman–Crippen LogP) is 4.18. The summed E-state index contributed by atoms with van der Waals surface area (Å²) in [5.74, 6) is -2.64. The summed E-state index contributed by atoms with van der Waals surface area (Å²) in [5, 5.41) is 2.79. The van der Waals surface area contributed by atoms with E-state index in [1.165, 1.54) is 17.0 Å². The van der Waals surface area contributed by atoms with Crippen LogP contribution in [0.1, 0.15) is 55.2 Å². The second kappa shape index (κ2) is 11.0. The van der Waals surface area contributed by atoms with Crippen molar-refractivity contribution in [1.82, 2.24) is 10.2 Å². The first-order valence-corrected chi connectivity index (χ1v) is 12.0. The maximum atomic E-state index is 14.1. The number of nitrogens with one attached hydrogen (secondary N) is 1. The Labute approximate surface area is 203 Å². The van der Waals surface area contributed by atoms with Gasteiger partial charge in [-0.05, 0) is 37.3 Å². The standard InChI is InChI=1S/C27H30F2N2O4/c1-17-5-7-19(8-6-17)16-35-27(34)23(13-18-9-10-18)30-24(32)14-21-11-12-25(33)31(21)15-20-3-2-4-22(28)26(20)29/h2-8,18,21,23H,9-16H2,1H3,(H,30,32)/t21-,23-/m0/s1. The number of carbonyl (C=O) groups excluding carboxylic acids is 3. The van der Waals surface area contributed by atoms with Gasteiger partial charge in [-0.3, -0.25) is 9.59 Å². The molecular weight excluding hydrogens is 454 g/mol. The Balaban J connectivity index is 1.35. The van der Waals surface area contributed by atoms with Crippen LogP contribution in [0, 0.1) is 24.5 Å². The number of nitrogens with zero attached hydrogens (tertiary/aromatic N) is 1. The number of halogens is 2. The lowest BCUT2D eigenvalue weighted by molar-refractivity contribution is -0.149. The van der Waals surface area contributed by atoms with E-state index in [0.29, 0.717) is 18.8 Å². The van der Waals surface area contributed by atoms with Crippen molar-refractivity contribution >= 4 is 17.8 Å². The fraction of sp³-hybridized carbons (Fsp3) is 0.444. The maximum absolute atomic E-state index is 14.1. The summed E-state index contributed by atoms with van der Waals surface area (Å²) >= 11 is 0. The van der Waals surface area contributed by atoms with Crippen LogP contribution in [-0.4, -0.2) is 34.8 Å². The zero-order chi connectivity index (χ0) is 24.9. The molecule has 8 heteroatoms. The highest BCUT2D eigenvalue weighted by Gasteiger charge is 2.35. The normalized spacial score (nSPS) is 18.4. The fourth-order valence-corrected chi connectivity index (χ4v) is 4.38. The SMILES string of the molecule is Cc1ccc(COC(=O)[C@H](CC2CC2)NC(=O)C[C@@H]2CCC(=O)N2Cc2cccc(F)c2F)cc1. The van der Waals surface area contributed by atoms with Crippen molar-refractivity contribution in [3.05, 3.63) is 70.8 Å². The number of hydrogen-bond acceptors (Lipinski definition) is 4. The Morgan fingerprint density at radius 3 is 2.57 bits per heavy atom. The second-order valence-corrected chi connectivity index (χ2v) is 9.52. The van der Waals surface area contributed by atoms with E-state index in [0.717, 1.165) is 30.0 Å². The molecule has 1 N–H and O–H groups in total. The lowest BCUT2D eigenvalue weighted by Gasteiger charge is -2.26. The third kappa shape index (κ3) is 6.65. The van der Waals surface area contributed by atoms with Crippen molar-refractivity contribution in [2.24, 2.45) is 5.92 Å². The fourth-order valence-electron chi connectivity index (χ4n) is 4.38. The van der Waals surface area contributed by atoms with Crippen molar-refractivity contribution < 1.29 is 27.9 Å². The number of ether oxygens (including phenoxy) is 1. The van der Waals surface area contributed by atoms with Crippen molar-refractivity contribution in [3.63, 3.8) is 0 Å². The number of benzene rings is 2. The van der Waals surface area contributed by atoms with Gasteiger partial charge < -0.3 is 15.0 Å². The minimum atomic E-state index is -0.990. The van der Waals surface area contributed by atoms with Crippen LogP contribution < -0.4 is 5.32 Å². The molecule has 4 rings (SSSR count). The third-order valence-electron chi connectivity index (χ3n) is 6.63. The van der Waals surface area contributed by atoms with Gasteiger partial charge in [-0.2, -0.15) is 0 Å². The Bertz CT molecular complexity index is 1090. The van der Waals surface area contributed by atoms with E-state index in [2.05, 4.69) is 5.32 Å². The minimum Gasteiger partial charge on any atom is -0.459 e. The van der Waals surface area contributed by atoms with Gasteiger partial charge in [0.1, 0.15) is 12.6 Å². The molecule has 2 atom stereocenters. The number of hydrogen-bond donors (Lipinski definition) is 1. The second-order valence-electron chi connectivity index (χ2n) is 9.52. The van der Waals surface area contributed by atoms with Crippen molar-refractivity contribution in [2.75, 3.05) is 0 Å². The van der Waals surface area contributed by atoms with Gasteiger partial charge in [0.2, 0.25) is 11.8 Å². The van der Waals surface area contributed by atoms with E-state index in [4.69, 9.17) is 4.74 Å². The average molecular weight is 485 g/mol. The molecule has 0 unspecified atom stereocenters. The zero-order valence-corrected chi connectivity index (χ0v) is 19.8. The molecule has 1 heterocycles. The number of likely N-dealkylation sites (tertiary alicyclic amines) is 1. The van der Waals surface area contributed by atoms with Gasteiger partial charge >= 0.3 is 5.97 Å². The Morgan fingerprint density at radius 2 is 1.86 bits per heavy atom. The molecule has 0 spiro atoms. The molecule has 0 radical (unpaired) electrons. The first-order valence-electron chi connectivity index (χ1n) is 12.0. The summed E-state index contributed by atoms with van der Waals surface area (Å²) in [6.07, 6.45) is 3.20. The van der Waals surface area contributed by atoms with Crippen LogP contribution in [0.3, 0.4) is 0 Å². The van der Waals surface area contributed by atoms with E-state index in [1.54, 1.807) is 0 Å². The van der Waals surface area contributed by atoms with Crippen LogP contribution in [0.4, 0.5) is 8.78 Å². The van der Waals surface area contributed by atoms with Gasteiger partial charge in [-0.15, -0.1) is 0 Å². The maximum Gasteiger partial charge on any atom is 0.328 e. The molecule has 1 saturated heterocycles. The quantitative estimate of drug-likeness (QED) is 0.514. The Hall–Kier alpha value is -3.29. The largest absolute Gasteiger partial charge is 0.459 e. The molecule has 6 nitrogen and oxygen atoms in total. The first kappa shape index (κ1) is 24.8. The summed E-state index contributed by atoms with van der Waals surface area (Å²) in [6.45, 7) is 2.00. The summed E-state index contributed by atoms with van der Waals surface area (Å²) in [6, 6.07) is 10.3. The lowest BCUT2D eigenvalue weighted by atomic mass is 10.1. The summed E-state index contributed by atoms with van der Waals surface area (Å²) < 4.78 is 33.2. The monoisotopic (exact) mass is 484 g/mol. The molecule has 2 aromatic carbocycles. The number of rotatable bonds is 10. The van der Waals surface area contributed by atoms with E-state index in [9.17, 15) is 23.2 Å². The van der Waals surface area contributed by atoms with Gasteiger partial charge in [-0.1, -0.05) is 54.8 Å². The van der Waals surface area contributed by atoms with E-state index < -0.39 is 29.7 Å². The third-order valence-corrected chi connectivity index (χ3v) is 6.63. The van der Waals surface area contributed by atoms with Gasteiger partial charge in [0.05, 0.1) is 0 Å². The highest BCUT2D eigenvalue weighted by Crippen LogP contribution is 2.34. The van der Waals surface area contributed by atoms with Crippen LogP contribution in [0.2, 0.25) is 0 Å². The minimum absolute atomic E-state index is 0.0188. The molecule has 2 fully saturated rings. The van der Waals surface area contributed by atoms with Crippen LogP contribution in [-0.2, 0) is 32.3 Å². The summed E-state index contributed by atoms with van der Waals surface area (Å²) in [4.78, 5) is 39.4. The predicted molar refractivity (Wildman–Crippen MR) is 125 cm³/mol. The number of aryl methyl sites for hydroxylation is 1. The van der Waals surface area contributed by atoms with E-state index >= 15 is 0 Å². The van der Waals surface area contributed by atoms with Gasteiger partial charge in [0, 0.05) is 31.0 Å². The van der Waals surface area contributed by atoms with Crippen molar-refractivity contribution in [2.45, 2.75) is 70.7 Å². The lowest BCUT2D eigenvalue weighted by Crippen LogP contribution is -2.44. The van der Waals surface area contributed by atoms with Crippen LogP contribution in [0.25, 0.3) is 0 Å². The molecule has 2 amide bonds. The summed E-state index contributed by atoms with van der Waals surface area (Å²) in [5.41, 5.74) is 2.04. The molecule has 0 aromatic heterocycles. The molecule has 0 bridgehead atoms. The molecule has 1 aliphatic heterocycles. The molecule has 1 aliphatic carbocycles. The van der Waals surface area contributed by atoms with Gasteiger partial charge in [-0.25, -0.2) is 13.6 Å². The molecule has 1 saturated carbocycles. The number of amides is 2. The smallest absolute Gasteiger partial charge is 0.328 e. The Kier molecular flexibility index (Phi) is 7.78. The van der Waals surface area contributed by atoms with Gasteiger partial charge in [0.25, 0.3) is 0 Å². The molecule has 2 aromatic rings. The average Bonchev–Trinajstić information content (AvgIpc) is 3.59. The molecular formula is C27H30F2N2O4. The van der Waals surface area contributed by atoms with E-state index in [1.807, 2.05) is 31.2 Å².